The SMILES string of the molecule is Cc1ccc(NC(=O)CC2C(=O)Nc3ncnn32)cc1Cl. The van der Waals surface area contributed by atoms with Crippen LogP contribution in [0, 0.1) is 6.92 Å². The number of fused-ring (bicyclic) bond motifs is 1. The summed E-state index contributed by atoms with van der Waals surface area (Å²) in [5.41, 5.74) is 1.52. The van der Waals surface area contributed by atoms with Crippen LogP contribution in [0.4, 0.5) is 11.6 Å². The standard InChI is InChI=1S/C13H12ClN5O2/c1-7-2-3-8(4-9(7)14)17-11(20)5-10-12(21)18-13-15-6-16-19(10)13/h2-4,6,10H,5H2,1H3,(H,17,20)(H,15,16,18,21). The number of aryl methyl sites for hydroxylation is 1. The number of hydrogen-bond donors (Lipinski definition) is 2. The van der Waals surface area contributed by atoms with Crippen LogP contribution in [0.1, 0.15) is 18.0 Å². The highest BCUT2D eigenvalue weighted by molar-refractivity contribution is 6.31. The van der Waals surface area contributed by atoms with Gasteiger partial charge in [0.2, 0.25) is 11.9 Å². The van der Waals surface area contributed by atoms with Gasteiger partial charge in [-0.15, -0.1) is 0 Å². The number of halogens is 1. The van der Waals surface area contributed by atoms with Crippen LogP contribution >= 0.6 is 11.6 Å². The van der Waals surface area contributed by atoms with Crippen LogP contribution in [-0.4, -0.2) is 26.6 Å². The van der Waals surface area contributed by atoms with Crippen LogP contribution in [0.2, 0.25) is 5.02 Å². The molecule has 0 fully saturated rings. The van der Waals surface area contributed by atoms with Gasteiger partial charge in [-0.25, -0.2) is 4.68 Å². The van der Waals surface area contributed by atoms with E-state index in [1.807, 2.05) is 13.0 Å². The van der Waals surface area contributed by atoms with Crippen molar-refractivity contribution < 1.29 is 9.59 Å². The average Bonchev–Trinajstić information content (AvgIpc) is 2.97. The summed E-state index contributed by atoms with van der Waals surface area (Å²) in [6.45, 7) is 1.88. The molecule has 0 radical (unpaired) electrons. The molecule has 7 nitrogen and oxygen atoms in total. The van der Waals surface area contributed by atoms with E-state index in [-0.39, 0.29) is 18.2 Å². The Bertz CT molecular complexity index is 727. The van der Waals surface area contributed by atoms with Crippen LogP contribution in [0.15, 0.2) is 24.5 Å². The highest BCUT2D eigenvalue weighted by atomic mass is 35.5. The van der Waals surface area contributed by atoms with E-state index >= 15 is 0 Å². The molecule has 0 saturated heterocycles. The van der Waals surface area contributed by atoms with E-state index in [9.17, 15) is 9.59 Å². The number of nitrogens with one attached hydrogen (secondary N) is 2. The molecule has 1 unspecified atom stereocenters. The Kier molecular flexibility index (Phi) is 3.34. The van der Waals surface area contributed by atoms with Gasteiger partial charge >= 0.3 is 0 Å². The largest absolute Gasteiger partial charge is 0.326 e. The minimum atomic E-state index is -0.677. The van der Waals surface area contributed by atoms with Gasteiger partial charge in [-0.3, -0.25) is 14.9 Å². The molecule has 3 rings (SSSR count). The fourth-order valence-corrected chi connectivity index (χ4v) is 2.29. The highest BCUT2D eigenvalue weighted by Crippen LogP contribution is 2.25. The molecule has 2 N–H and O–H groups in total. The molecule has 21 heavy (non-hydrogen) atoms. The van der Waals surface area contributed by atoms with E-state index in [0.29, 0.717) is 16.7 Å². The fourth-order valence-electron chi connectivity index (χ4n) is 2.11. The molecule has 2 amide bonds. The molecule has 1 aromatic carbocycles. The lowest BCUT2D eigenvalue weighted by Gasteiger charge is -2.10. The van der Waals surface area contributed by atoms with Crippen molar-refractivity contribution in [1.29, 1.82) is 0 Å². The van der Waals surface area contributed by atoms with Gasteiger partial charge in [0.25, 0.3) is 5.91 Å². The van der Waals surface area contributed by atoms with Gasteiger partial charge in [0, 0.05) is 10.7 Å². The van der Waals surface area contributed by atoms with E-state index < -0.39 is 6.04 Å². The maximum atomic E-state index is 12.0. The zero-order valence-electron chi connectivity index (χ0n) is 11.1. The summed E-state index contributed by atoms with van der Waals surface area (Å²) in [4.78, 5) is 27.7. The van der Waals surface area contributed by atoms with E-state index in [4.69, 9.17) is 11.6 Å². The van der Waals surface area contributed by atoms with E-state index in [0.717, 1.165) is 5.56 Å². The van der Waals surface area contributed by atoms with Gasteiger partial charge in [0.15, 0.2) is 0 Å². The normalized spacial score (nSPS) is 16.5. The van der Waals surface area contributed by atoms with Crippen LogP contribution in [-0.2, 0) is 9.59 Å². The third kappa shape index (κ3) is 2.59. The summed E-state index contributed by atoms with van der Waals surface area (Å²) in [6.07, 6.45) is 1.31. The molecule has 8 heteroatoms. The maximum Gasteiger partial charge on any atom is 0.252 e. The monoisotopic (exact) mass is 305 g/mol. The van der Waals surface area contributed by atoms with Crippen molar-refractivity contribution in [2.45, 2.75) is 19.4 Å². The molecule has 1 aliphatic heterocycles. The van der Waals surface area contributed by atoms with Crippen LogP contribution < -0.4 is 10.6 Å². The Morgan fingerprint density at radius 2 is 2.33 bits per heavy atom. The van der Waals surface area contributed by atoms with Crippen LogP contribution in [0.5, 0.6) is 0 Å². The van der Waals surface area contributed by atoms with Gasteiger partial charge in [0.1, 0.15) is 12.4 Å². The lowest BCUT2D eigenvalue weighted by Crippen LogP contribution is -2.23. The van der Waals surface area contributed by atoms with Gasteiger partial charge in [0.05, 0.1) is 6.42 Å². The molecule has 2 aromatic rings. The zero-order valence-corrected chi connectivity index (χ0v) is 11.9. The average molecular weight is 306 g/mol. The predicted molar refractivity (Wildman–Crippen MR) is 77.1 cm³/mol. The van der Waals surface area contributed by atoms with E-state index in [1.165, 1.54) is 11.0 Å². The Balaban J connectivity index is 1.70. The summed E-state index contributed by atoms with van der Waals surface area (Å²) in [5.74, 6) is -0.225. The number of anilines is 2. The van der Waals surface area contributed by atoms with Crippen molar-refractivity contribution in [1.82, 2.24) is 14.8 Å². The van der Waals surface area contributed by atoms with Gasteiger partial charge in [-0.1, -0.05) is 17.7 Å². The topological polar surface area (TPSA) is 88.9 Å². The second kappa shape index (κ2) is 5.17. The number of carbonyl (C=O) groups excluding carboxylic acids is 2. The molecule has 0 aliphatic carbocycles. The van der Waals surface area contributed by atoms with E-state index in [2.05, 4.69) is 20.7 Å². The van der Waals surface area contributed by atoms with Crippen LogP contribution in [0.3, 0.4) is 0 Å². The van der Waals surface area contributed by atoms with Crippen molar-refractivity contribution in [3.63, 3.8) is 0 Å². The number of benzene rings is 1. The second-order valence-electron chi connectivity index (χ2n) is 4.75. The van der Waals surface area contributed by atoms with Crippen molar-refractivity contribution in [3.05, 3.63) is 35.1 Å². The number of hydrogen-bond acceptors (Lipinski definition) is 4. The summed E-state index contributed by atoms with van der Waals surface area (Å²) >= 11 is 6.01. The Hall–Kier alpha value is -2.41. The summed E-state index contributed by atoms with van der Waals surface area (Å²) < 4.78 is 1.41. The number of aromatic nitrogens is 3. The minimum absolute atomic E-state index is 0.0201. The molecule has 0 saturated carbocycles. The molecule has 108 valence electrons. The quantitative estimate of drug-likeness (QED) is 0.904. The fraction of sp³-hybridized carbons (Fsp3) is 0.231. The van der Waals surface area contributed by atoms with Crippen molar-refractivity contribution in [2.75, 3.05) is 10.6 Å². The van der Waals surface area contributed by atoms with Gasteiger partial charge in [-0.2, -0.15) is 10.1 Å². The molecular weight excluding hydrogens is 294 g/mol. The number of amides is 2. The third-order valence-corrected chi connectivity index (χ3v) is 3.65. The molecule has 0 spiro atoms. The van der Waals surface area contributed by atoms with Crippen molar-refractivity contribution in [3.8, 4) is 0 Å². The van der Waals surface area contributed by atoms with Crippen molar-refractivity contribution >= 4 is 35.1 Å². The Morgan fingerprint density at radius 1 is 1.52 bits per heavy atom. The Labute approximate surface area is 125 Å². The van der Waals surface area contributed by atoms with Gasteiger partial charge in [-0.05, 0) is 24.6 Å². The molecule has 2 heterocycles. The molecule has 1 aliphatic rings. The summed E-state index contributed by atoms with van der Waals surface area (Å²) in [5, 5.41) is 9.79. The molecule has 1 atom stereocenters. The predicted octanol–water partition coefficient (Wildman–Crippen LogP) is 1.76. The molecule has 1 aromatic heterocycles. The first-order chi connectivity index (χ1) is 10.0. The number of rotatable bonds is 3. The number of carbonyl (C=O) groups is 2. The summed E-state index contributed by atoms with van der Waals surface area (Å²) in [7, 11) is 0. The van der Waals surface area contributed by atoms with Crippen LogP contribution in [0.25, 0.3) is 0 Å². The van der Waals surface area contributed by atoms with Crippen molar-refractivity contribution in [2.24, 2.45) is 0 Å². The Morgan fingerprint density at radius 3 is 3.10 bits per heavy atom. The minimum Gasteiger partial charge on any atom is -0.326 e. The number of nitrogens with zero attached hydrogens (tertiary/aromatic N) is 3. The zero-order chi connectivity index (χ0) is 15.0. The van der Waals surface area contributed by atoms with E-state index in [1.54, 1.807) is 12.1 Å². The lowest BCUT2D eigenvalue weighted by molar-refractivity contribution is -0.123. The molecular formula is C13H12ClN5O2. The third-order valence-electron chi connectivity index (χ3n) is 3.24. The first kappa shape index (κ1) is 13.6. The molecule has 0 bridgehead atoms. The first-order valence-corrected chi connectivity index (χ1v) is 6.69. The van der Waals surface area contributed by atoms with Gasteiger partial charge < -0.3 is 5.32 Å². The first-order valence-electron chi connectivity index (χ1n) is 6.31. The highest BCUT2D eigenvalue weighted by Gasteiger charge is 2.33. The summed E-state index contributed by atoms with van der Waals surface area (Å²) in [6, 6.07) is 4.57. The second-order valence-corrected chi connectivity index (χ2v) is 5.16. The lowest BCUT2D eigenvalue weighted by atomic mass is 10.2. The smallest absolute Gasteiger partial charge is 0.252 e. The maximum absolute atomic E-state index is 12.0.